The molecule has 312 valence electrons. The van der Waals surface area contributed by atoms with Crippen molar-refractivity contribution in [2.75, 3.05) is 54.1 Å². The van der Waals surface area contributed by atoms with Gasteiger partial charge in [-0.05, 0) is 51.4 Å². The second kappa shape index (κ2) is 37.6. The molecule has 2 unspecified atom stereocenters. The van der Waals surface area contributed by atoms with Crippen LogP contribution in [-0.2, 0) is 27.9 Å². The molecule has 0 aliphatic rings. The van der Waals surface area contributed by atoms with E-state index in [1.54, 1.807) is 0 Å². The van der Waals surface area contributed by atoms with E-state index in [0.29, 0.717) is 24.1 Å². The number of allylic oxidation sites excluding steroid dienone is 6. The van der Waals surface area contributed by atoms with E-state index >= 15 is 0 Å². The minimum atomic E-state index is -4.52. The fraction of sp³-hybridized carbons (Fsp3) is 0.841. The molecule has 0 aromatic rings. The van der Waals surface area contributed by atoms with E-state index in [1.807, 2.05) is 21.1 Å². The van der Waals surface area contributed by atoms with Crippen LogP contribution in [0, 0.1) is 0 Å². The lowest BCUT2D eigenvalue weighted by Gasteiger charge is -2.28. The summed E-state index contributed by atoms with van der Waals surface area (Å²) in [6.07, 6.45) is 43.1. The summed E-state index contributed by atoms with van der Waals surface area (Å²) in [7, 11) is 1.35. The highest BCUT2D eigenvalue weighted by Gasteiger charge is 2.20. The number of phosphoric acid groups is 1. The Morgan fingerprint density at radius 2 is 1.04 bits per heavy atom. The van der Waals surface area contributed by atoms with Crippen LogP contribution < -0.4 is 4.89 Å². The summed E-state index contributed by atoms with van der Waals surface area (Å²) in [5, 5.41) is 0. The lowest BCUT2D eigenvalue weighted by molar-refractivity contribution is -0.870. The first-order chi connectivity index (χ1) is 25.6. The van der Waals surface area contributed by atoms with Crippen LogP contribution in [0.5, 0.6) is 0 Å². The molecule has 2 atom stereocenters. The second-order valence-electron chi connectivity index (χ2n) is 15.7. The number of carbonyl (C=O) groups excluding carboxylic acids is 1. The first-order valence-corrected chi connectivity index (χ1v) is 23.2. The van der Waals surface area contributed by atoms with Crippen LogP contribution in [0.15, 0.2) is 36.5 Å². The maximum Gasteiger partial charge on any atom is 0.306 e. The van der Waals surface area contributed by atoms with Gasteiger partial charge < -0.3 is 27.9 Å². The minimum Gasteiger partial charge on any atom is -0.756 e. The van der Waals surface area contributed by atoms with Gasteiger partial charge in [0.15, 0.2) is 0 Å². The molecule has 0 fully saturated rings. The van der Waals surface area contributed by atoms with Crippen molar-refractivity contribution in [3.05, 3.63) is 36.5 Å². The number of unbranched alkanes of at least 4 members (excludes halogenated alkanes) is 20. The van der Waals surface area contributed by atoms with Crippen molar-refractivity contribution >= 4 is 13.8 Å². The van der Waals surface area contributed by atoms with E-state index in [2.05, 4.69) is 50.3 Å². The fourth-order valence-corrected chi connectivity index (χ4v) is 6.52. The molecule has 0 radical (unpaired) electrons. The number of likely N-dealkylation sites (N-methyl/N-ethyl adjacent to an activating group) is 1. The topological polar surface area (TPSA) is 94.1 Å². The molecular formula is C44H84NO7P. The van der Waals surface area contributed by atoms with Gasteiger partial charge in [-0.2, -0.15) is 0 Å². The Morgan fingerprint density at radius 1 is 0.585 bits per heavy atom. The van der Waals surface area contributed by atoms with Gasteiger partial charge in [-0.25, -0.2) is 0 Å². The van der Waals surface area contributed by atoms with Gasteiger partial charge in [-0.1, -0.05) is 159 Å². The van der Waals surface area contributed by atoms with Gasteiger partial charge in [-0.15, -0.1) is 0 Å². The molecule has 0 aromatic carbocycles. The highest BCUT2D eigenvalue weighted by atomic mass is 31.2. The molecule has 0 saturated heterocycles. The third kappa shape index (κ3) is 41.7. The van der Waals surface area contributed by atoms with Crippen LogP contribution in [0.3, 0.4) is 0 Å². The third-order valence-electron chi connectivity index (χ3n) is 9.19. The van der Waals surface area contributed by atoms with Crippen molar-refractivity contribution in [3.63, 3.8) is 0 Å². The standard InChI is InChI=1S/C44H84NO7P/c1-6-8-10-12-14-16-17-18-19-20-21-22-23-24-25-26-27-28-30-32-34-36-39-49-41-43(42-51-53(47,48)50-40-38-45(3,4)5)52-44(46)37-35-33-31-29-15-13-11-9-7-2/h17-18,20-21,23-24,43H,6-16,19,22,25-42H2,1-5H3/b18-17-,21-20-,24-23-. The lowest BCUT2D eigenvalue weighted by atomic mass is 10.1. The van der Waals surface area contributed by atoms with Gasteiger partial charge in [0, 0.05) is 13.0 Å². The third-order valence-corrected chi connectivity index (χ3v) is 10.2. The van der Waals surface area contributed by atoms with Crippen LogP contribution in [0.4, 0.5) is 0 Å². The highest BCUT2D eigenvalue weighted by molar-refractivity contribution is 7.45. The maximum absolute atomic E-state index is 12.6. The Kier molecular flexibility index (Phi) is 36.7. The molecule has 0 saturated carbocycles. The van der Waals surface area contributed by atoms with Crippen LogP contribution in [0.2, 0.25) is 0 Å². The van der Waals surface area contributed by atoms with Gasteiger partial charge in [0.2, 0.25) is 0 Å². The van der Waals surface area contributed by atoms with E-state index in [0.717, 1.165) is 51.4 Å². The number of hydrogen-bond acceptors (Lipinski definition) is 7. The van der Waals surface area contributed by atoms with Gasteiger partial charge in [0.1, 0.15) is 19.3 Å². The number of quaternary nitrogens is 1. The number of nitrogens with zero attached hydrogens (tertiary/aromatic N) is 1. The summed E-state index contributed by atoms with van der Waals surface area (Å²) in [5.74, 6) is -0.342. The quantitative estimate of drug-likeness (QED) is 0.0201. The zero-order valence-electron chi connectivity index (χ0n) is 35.2. The van der Waals surface area contributed by atoms with Crippen molar-refractivity contribution in [2.24, 2.45) is 0 Å². The minimum absolute atomic E-state index is 0.0243. The Labute approximate surface area is 327 Å². The van der Waals surface area contributed by atoms with Crippen molar-refractivity contribution in [1.29, 1.82) is 0 Å². The van der Waals surface area contributed by atoms with E-state index in [1.165, 1.54) is 109 Å². The Balaban J connectivity index is 4.15. The summed E-state index contributed by atoms with van der Waals surface area (Å²) in [5.41, 5.74) is 0. The number of phosphoric ester groups is 1. The molecule has 9 heteroatoms. The number of hydrogen-bond donors (Lipinski definition) is 0. The largest absolute Gasteiger partial charge is 0.756 e. The molecule has 0 aromatic heterocycles. The number of carbonyl (C=O) groups is 1. The fourth-order valence-electron chi connectivity index (χ4n) is 5.79. The average Bonchev–Trinajstić information content (AvgIpc) is 3.11. The molecule has 0 spiro atoms. The Hall–Kier alpha value is -1.28. The zero-order valence-corrected chi connectivity index (χ0v) is 36.1. The van der Waals surface area contributed by atoms with Crippen LogP contribution in [0.1, 0.15) is 181 Å². The molecule has 0 amide bonds. The van der Waals surface area contributed by atoms with E-state index in [9.17, 15) is 14.3 Å². The molecular weight excluding hydrogens is 685 g/mol. The lowest BCUT2D eigenvalue weighted by Crippen LogP contribution is -2.37. The summed E-state index contributed by atoms with van der Waals surface area (Å²) >= 11 is 0. The van der Waals surface area contributed by atoms with Gasteiger partial charge in [0.25, 0.3) is 7.82 Å². The SMILES string of the molecule is CCCCCCC/C=C\C/C=C\C/C=C\CCCCCCCCCOCC(COP(=O)([O-])OCC[N+](C)(C)C)OC(=O)CCCCCCCCCCC. The monoisotopic (exact) mass is 770 g/mol. The first kappa shape index (κ1) is 51.7. The molecule has 0 aliphatic carbocycles. The number of esters is 1. The number of rotatable bonds is 40. The van der Waals surface area contributed by atoms with E-state index in [-0.39, 0.29) is 25.8 Å². The molecule has 53 heavy (non-hydrogen) atoms. The molecule has 0 N–H and O–H groups in total. The molecule has 8 nitrogen and oxygen atoms in total. The summed E-state index contributed by atoms with van der Waals surface area (Å²) < 4.78 is 34.5. The van der Waals surface area contributed by atoms with Gasteiger partial charge in [-0.3, -0.25) is 9.36 Å². The smallest absolute Gasteiger partial charge is 0.306 e. The summed E-state index contributed by atoms with van der Waals surface area (Å²) in [4.78, 5) is 24.9. The highest BCUT2D eigenvalue weighted by Crippen LogP contribution is 2.38. The van der Waals surface area contributed by atoms with Crippen molar-refractivity contribution in [3.8, 4) is 0 Å². The van der Waals surface area contributed by atoms with Gasteiger partial charge in [0.05, 0.1) is 34.4 Å². The number of ether oxygens (including phenoxy) is 2. The van der Waals surface area contributed by atoms with E-state index in [4.69, 9.17) is 18.5 Å². The average molecular weight is 770 g/mol. The summed E-state index contributed by atoms with van der Waals surface area (Å²) in [6.45, 7) is 5.36. The van der Waals surface area contributed by atoms with Crippen LogP contribution >= 0.6 is 7.82 Å². The molecule has 0 bridgehead atoms. The Bertz CT molecular complexity index is 947. The molecule has 0 aliphatic heterocycles. The first-order valence-electron chi connectivity index (χ1n) is 21.7. The van der Waals surface area contributed by atoms with Gasteiger partial charge >= 0.3 is 5.97 Å². The predicted molar refractivity (Wildman–Crippen MR) is 222 cm³/mol. The normalized spacial score (nSPS) is 14.2. The van der Waals surface area contributed by atoms with Crippen molar-refractivity contribution in [2.45, 2.75) is 187 Å². The van der Waals surface area contributed by atoms with Crippen molar-refractivity contribution < 1.29 is 37.3 Å². The Morgan fingerprint density at radius 3 is 1.55 bits per heavy atom. The van der Waals surface area contributed by atoms with E-state index < -0.39 is 13.9 Å². The van der Waals surface area contributed by atoms with Crippen LogP contribution in [-0.4, -0.2) is 70.7 Å². The zero-order chi connectivity index (χ0) is 39.1. The molecule has 0 rings (SSSR count). The second-order valence-corrected chi connectivity index (χ2v) is 17.1. The van der Waals surface area contributed by atoms with Crippen LogP contribution in [0.25, 0.3) is 0 Å². The predicted octanol–water partition coefficient (Wildman–Crippen LogP) is 12.0. The molecule has 0 heterocycles. The maximum atomic E-state index is 12.6. The van der Waals surface area contributed by atoms with Crippen molar-refractivity contribution in [1.82, 2.24) is 0 Å². The summed E-state index contributed by atoms with van der Waals surface area (Å²) in [6, 6.07) is 0.